The van der Waals surface area contributed by atoms with Crippen LogP contribution < -0.4 is 16.0 Å². The van der Waals surface area contributed by atoms with Crippen molar-refractivity contribution in [3.05, 3.63) is 28.7 Å². The SMILES string of the molecule is CCC(N)(CC)CNC(=O)C1CC(=O)N(c2ccccc2Br)C1. The zero-order valence-corrected chi connectivity index (χ0v) is 15.2. The molecule has 2 rings (SSSR count). The first kappa shape index (κ1) is 17.9. The summed E-state index contributed by atoms with van der Waals surface area (Å²) >= 11 is 3.46. The highest BCUT2D eigenvalue weighted by Gasteiger charge is 2.36. The van der Waals surface area contributed by atoms with Crippen LogP contribution in [0.3, 0.4) is 0 Å². The normalized spacial score (nSPS) is 18.3. The lowest BCUT2D eigenvalue weighted by Crippen LogP contribution is -2.50. The minimum Gasteiger partial charge on any atom is -0.354 e. The van der Waals surface area contributed by atoms with Gasteiger partial charge in [0.1, 0.15) is 0 Å². The van der Waals surface area contributed by atoms with Gasteiger partial charge in [-0.1, -0.05) is 26.0 Å². The van der Waals surface area contributed by atoms with Crippen molar-refractivity contribution in [3.8, 4) is 0 Å². The number of carbonyl (C=O) groups excluding carboxylic acids is 2. The molecule has 6 heteroatoms. The lowest BCUT2D eigenvalue weighted by atomic mass is 9.94. The monoisotopic (exact) mass is 381 g/mol. The number of anilines is 1. The van der Waals surface area contributed by atoms with Gasteiger partial charge in [-0.05, 0) is 40.9 Å². The molecule has 126 valence electrons. The molecule has 1 aromatic rings. The molecule has 0 saturated carbocycles. The fourth-order valence-corrected chi connectivity index (χ4v) is 3.19. The predicted octanol–water partition coefficient (Wildman–Crippen LogP) is 2.44. The average molecular weight is 382 g/mol. The molecule has 23 heavy (non-hydrogen) atoms. The maximum Gasteiger partial charge on any atom is 0.227 e. The Balaban J connectivity index is 2.00. The molecule has 1 heterocycles. The van der Waals surface area contributed by atoms with Gasteiger partial charge in [-0.25, -0.2) is 0 Å². The van der Waals surface area contributed by atoms with E-state index in [0.29, 0.717) is 13.1 Å². The summed E-state index contributed by atoms with van der Waals surface area (Å²) in [4.78, 5) is 26.3. The fourth-order valence-electron chi connectivity index (χ4n) is 2.69. The summed E-state index contributed by atoms with van der Waals surface area (Å²) in [6.07, 6.45) is 1.84. The second-order valence-electron chi connectivity index (χ2n) is 6.14. The lowest BCUT2D eigenvalue weighted by molar-refractivity contribution is -0.126. The standard InChI is InChI=1S/C17H24BrN3O2/c1-3-17(19,4-2)11-20-16(23)12-9-15(22)21(10-12)14-8-6-5-7-13(14)18/h5-8,12H,3-4,9-11,19H2,1-2H3,(H,20,23). The van der Waals surface area contributed by atoms with Gasteiger partial charge in [0.05, 0.1) is 11.6 Å². The van der Waals surface area contributed by atoms with Crippen molar-refractivity contribution in [2.75, 3.05) is 18.0 Å². The molecule has 0 aliphatic carbocycles. The minimum absolute atomic E-state index is 0.0259. The Kier molecular flexibility index (Phi) is 5.81. The molecule has 1 aliphatic rings. The molecule has 1 aromatic carbocycles. The van der Waals surface area contributed by atoms with E-state index in [2.05, 4.69) is 21.2 Å². The van der Waals surface area contributed by atoms with Gasteiger partial charge in [-0.2, -0.15) is 0 Å². The Morgan fingerprint density at radius 1 is 1.39 bits per heavy atom. The first-order valence-corrected chi connectivity index (χ1v) is 8.81. The highest BCUT2D eigenvalue weighted by atomic mass is 79.9. The van der Waals surface area contributed by atoms with Gasteiger partial charge in [0, 0.05) is 29.5 Å². The lowest BCUT2D eigenvalue weighted by Gasteiger charge is -2.27. The van der Waals surface area contributed by atoms with Crippen LogP contribution in [0.1, 0.15) is 33.1 Å². The third-order valence-electron chi connectivity index (χ3n) is 4.66. The van der Waals surface area contributed by atoms with Crippen LogP contribution in [0.4, 0.5) is 5.69 Å². The second kappa shape index (κ2) is 7.45. The maximum absolute atomic E-state index is 12.4. The molecular weight excluding hydrogens is 358 g/mol. The van der Waals surface area contributed by atoms with Crippen molar-refractivity contribution < 1.29 is 9.59 Å². The number of rotatable bonds is 6. The molecular formula is C17H24BrN3O2. The predicted molar refractivity (Wildman–Crippen MR) is 95.1 cm³/mol. The number of carbonyl (C=O) groups is 2. The second-order valence-corrected chi connectivity index (χ2v) is 7.00. The van der Waals surface area contributed by atoms with Gasteiger partial charge in [-0.3, -0.25) is 9.59 Å². The molecule has 0 spiro atoms. The Morgan fingerprint density at radius 2 is 2.04 bits per heavy atom. The zero-order chi connectivity index (χ0) is 17.0. The van der Waals surface area contributed by atoms with Crippen molar-refractivity contribution >= 4 is 33.4 Å². The highest BCUT2D eigenvalue weighted by molar-refractivity contribution is 9.10. The summed E-state index contributed by atoms with van der Waals surface area (Å²) in [7, 11) is 0. The van der Waals surface area contributed by atoms with Crippen LogP contribution >= 0.6 is 15.9 Å². The van der Waals surface area contributed by atoms with Crippen molar-refractivity contribution in [1.82, 2.24) is 5.32 Å². The maximum atomic E-state index is 12.4. The average Bonchev–Trinajstić information content (AvgIpc) is 2.94. The Bertz CT molecular complexity index is 587. The Hall–Kier alpha value is -1.40. The summed E-state index contributed by atoms with van der Waals surface area (Å²) in [6.45, 7) is 4.88. The van der Waals surface area contributed by atoms with Gasteiger partial charge in [0.15, 0.2) is 0 Å². The van der Waals surface area contributed by atoms with E-state index in [4.69, 9.17) is 5.73 Å². The van der Waals surface area contributed by atoms with E-state index in [0.717, 1.165) is 23.0 Å². The summed E-state index contributed by atoms with van der Waals surface area (Å²) in [5.74, 6) is -0.445. The Labute approximate surface area is 145 Å². The van der Waals surface area contributed by atoms with Crippen LogP contribution in [0.5, 0.6) is 0 Å². The van der Waals surface area contributed by atoms with Crippen LogP contribution in [0.2, 0.25) is 0 Å². The largest absolute Gasteiger partial charge is 0.354 e. The fraction of sp³-hybridized carbons (Fsp3) is 0.529. The molecule has 1 fully saturated rings. The molecule has 1 saturated heterocycles. The molecule has 0 radical (unpaired) electrons. The molecule has 5 nitrogen and oxygen atoms in total. The zero-order valence-electron chi connectivity index (χ0n) is 13.6. The quantitative estimate of drug-likeness (QED) is 0.794. The van der Waals surface area contributed by atoms with Crippen LogP contribution in [-0.2, 0) is 9.59 Å². The van der Waals surface area contributed by atoms with Crippen LogP contribution in [0, 0.1) is 5.92 Å². The molecule has 2 amide bonds. The molecule has 3 N–H and O–H groups in total. The van der Waals surface area contributed by atoms with Crippen molar-refractivity contribution in [3.63, 3.8) is 0 Å². The number of halogens is 1. The molecule has 1 unspecified atom stereocenters. The van der Waals surface area contributed by atoms with E-state index in [1.54, 1.807) is 4.90 Å². The van der Waals surface area contributed by atoms with Crippen molar-refractivity contribution in [2.45, 2.75) is 38.6 Å². The number of hydrogen-bond acceptors (Lipinski definition) is 3. The molecule has 0 bridgehead atoms. The van der Waals surface area contributed by atoms with Gasteiger partial charge < -0.3 is 16.0 Å². The minimum atomic E-state index is -0.375. The smallest absolute Gasteiger partial charge is 0.227 e. The van der Waals surface area contributed by atoms with Crippen molar-refractivity contribution in [2.24, 2.45) is 11.7 Å². The molecule has 1 aliphatic heterocycles. The number of para-hydroxylation sites is 1. The van der Waals surface area contributed by atoms with E-state index < -0.39 is 0 Å². The third kappa shape index (κ3) is 4.12. The summed E-state index contributed by atoms with van der Waals surface area (Å²) in [6, 6.07) is 7.54. The van der Waals surface area contributed by atoms with Gasteiger partial charge in [-0.15, -0.1) is 0 Å². The molecule has 0 aromatic heterocycles. The van der Waals surface area contributed by atoms with Crippen LogP contribution in [0.25, 0.3) is 0 Å². The number of nitrogens with one attached hydrogen (secondary N) is 1. The van der Waals surface area contributed by atoms with Crippen LogP contribution in [-0.4, -0.2) is 30.4 Å². The summed E-state index contributed by atoms with van der Waals surface area (Å²) in [5.41, 5.74) is 6.64. The number of hydrogen-bond donors (Lipinski definition) is 2. The van der Waals surface area contributed by atoms with E-state index in [9.17, 15) is 9.59 Å². The number of amides is 2. The number of nitrogens with two attached hydrogens (primary N) is 1. The first-order valence-electron chi connectivity index (χ1n) is 8.01. The summed E-state index contributed by atoms with van der Waals surface area (Å²) in [5, 5.41) is 2.92. The van der Waals surface area contributed by atoms with Gasteiger partial charge in [0.2, 0.25) is 11.8 Å². The highest BCUT2D eigenvalue weighted by Crippen LogP contribution is 2.31. The van der Waals surface area contributed by atoms with E-state index in [1.807, 2.05) is 38.1 Å². The van der Waals surface area contributed by atoms with E-state index in [1.165, 1.54) is 0 Å². The summed E-state index contributed by atoms with van der Waals surface area (Å²) < 4.78 is 0.854. The third-order valence-corrected chi connectivity index (χ3v) is 5.33. The van der Waals surface area contributed by atoms with E-state index >= 15 is 0 Å². The number of nitrogens with zero attached hydrogens (tertiary/aromatic N) is 1. The first-order chi connectivity index (χ1) is 10.9. The van der Waals surface area contributed by atoms with Crippen molar-refractivity contribution in [1.29, 1.82) is 0 Å². The Morgan fingerprint density at radius 3 is 2.65 bits per heavy atom. The van der Waals surface area contributed by atoms with Gasteiger partial charge >= 0.3 is 0 Å². The molecule has 1 atom stereocenters. The van der Waals surface area contributed by atoms with E-state index in [-0.39, 0.29) is 29.7 Å². The van der Waals surface area contributed by atoms with Gasteiger partial charge in [0.25, 0.3) is 0 Å². The number of benzene rings is 1. The topological polar surface area (TPSA) is 75.4 Å². The van der Waals surface area contributed by atoms with Crippen LogP contribution in [0.15, 0.2) is 28.7 Å².